The molecule has 1 aliphatic rings. The third kappa shape index (κ3) is 1.26. The summed E-state index contributed by atoms with van der Waals surface area (Å²) < 4.78 is 0. The smallest absolute Gasteiger partial charge is 0.223 e. The SMILES string of the molecule is CC1C=CN(C)N1c1nc2ccccc2[nH]1. The van der Waals surface area contributed by atoms with Crippen LogP contribution < -0.4 is 5.01 Å². The molecule has 2 aromatic rings. The summed E-state index contributed by atoms with van der Waals surface area (Å²) in [4.78, 5) is 7.92. The summed E-state index contributed by atoms with van der Waals surface area (Å²) >= 11 is 0. The minimum Gasteiger partial charge on any atom is -0.323 e. The lowest BCUT2D eigenvalue weighted by molar-refractivity contribution is 0.417. The molecule has 1 aromatic carbocycles. The van der Waals surface area contributed by atoms with Crippen LogP contribution in [0.5, 0.6) is 0 Å². The van der Waals surface area contributed by atoms with Gasteiger partial charge in [0.25, 0.3) is 0 Å². The van der Waals surface area contributed by atoms with Crippen LogP contribution in [-0.4, -0.2) is 28.1 Å². The fourth-order valence-corrected chi connectivity index (χ4v) is 2.08. The molecule has 1 aliphatic heterocycles. The first-order chi connectivity index (χ1) is 7.75. The maximum atomic E-state index is 4.58. The van der Waals surface area contributed by atoms with Crippen LogP contribution in [0.3, 0.4) is 0 Å². The van der Waals surface area contributed by atoms with E-state index < -0.39 is 0 Å². The molecule has 0 bridgehead atoms. The van der Waals surface area contributed by atoms with Crippen LogP contribution in [0.25, 0.3) is 11.0 Å². The number of imidazole rings is 1. The molecule has 1 unspecified atom stereocenters. The van der Waals surface area contributed by atoms with Crippen LogP contribution in [0, 0.1) is 0 Å². The van der Waals surface area contributed by atoms with Gasteiger partial charge < -0.3 is 4.98 Å². The summed E-state index contributed by atoms with van der Waals surface area (Å²) in [6.07, 6.45) is 4.20. The van der Waals surface area contributed by atoms with Crippen LogP contribution in [0.1, 0.15) is 6.92 Å². The van der Waals surface area contributed by atoms with E-state index in [4.69, 9.17) is 0 Å². The molecular formula is C12H14N4. The van der Waals surface area contributed by atoms with Crippen LogP contribution in [0.4, 0.5) is 5.95 Å². The fourth-order valence-electron chi connectivity index (χ4n) is 2.08. The van der Waals surface area contributed by atoms with Crippen molar-refractivity contribution < 1.29 is 0 Å². The van der Waals surface area contributed by atoms with Crippen molar-refractivity contribution in [2.75, 3.05) is 12.1 Å². The van der Waals surface area contributed by atoms with Crippen LogP contribution in [0.2, 0.25) is 0 Å². The Bertz CT molecular complexity index is 498. The van der Waals surface area contributed by atoms with Gasteiger partial charge in [-0.05, 0) is 25.1 Å². The lowest BCUT2D eigenvalue weighted by Gasteiger charge is -2.28. The topological polar surface area (TPSA) is 35.2 Å². The van der Waals surface area contributed by atoms with E-state index in [1.54, 1.807) is 0 Å². The number of fused-ring (bicyclic) bond motifs is 1. The molecule has 0 saturated carbocycles. The van der Waals surface area contributed by atoms with Crippen molar-refractivity contribution in [1.29, 1.82) is 0 Å². The zero-order valence-electron chi connectivity index (χ0n) is 9.38. The first kappa shape index (κ1) is 9.27. The number of aromatic amines is 1. The Kier molecular flexibility index (Phi) is 1.89. The Morgan fingerprint density at radius 2 is 2.12 bits per heavy atom. The third-order valence-corrected chi connectivity index (χ3v) is 2.90. The van der Waals surface area contributed by atoms with E-state index in [1.165, 1.54) is 0 Å². The molecule has 1 atom stereocenters. The normalized spacial score (nSPS) is 20.0. The lowest BCUT2D eigenvalue weighted by atomic mass is 10.3. The first-order valence-corrected chi connectivity index (χ1v) is 5.41. The van der Waals surface area contributed by atoms with Gasteiger partial charge >= 0.3 is 0 Å². The molecule has 1 aromatic heterocycles. The van der Waals surface area contributed by atoms with Crippen molar-refractivity contribution in [2.24, 2.45) is 0 Å². The van der Waals surface area contributed by atoms with Crippen LogP contribution in [0.15, 0.2) is 36.5 Å². The number of hydrogen-bond acceptors (Lipinski definition) is 3. The molecule has 4 heteroatoms. The molecule has 3 rings (SSSR count). The standard InChI is InChI=1S/C12H14N4/c1-9-7-8-15(2)16(9)12-13-10-5-3-4-6-11(10)14-12/h3-9H,1-2H3,(H,13,14). The Labute approximate surface area is 94.2 Å². The molecule has 0 amide bonds. The molecule has 2 heterocycles. The zero-order valence-corrected chi connectivity index (χ0v) is 9.38. The molecular weight excluding hydrogens is 200 g/mol. The van der Waals surface area contributed by atoms with E-state index in [0.29, 0.717) is 6.04 Å². The van der Waals surface area contributed by atoms with Gasteiger partial charge in [0.15, 0.2) is 0 Å². The van der Waals surface area contributed by atoms with E-state index in [1.807, 2.05) is 36.3 Å². The minimum absolute atomic E-state index is 0.338. The second-order valence-electron chi connectivity index (χ2n) is 4.08. The number of anilines is 1. The molecule has 0 fully saturated rings. The van der Waals surface area contributed by atoms with E-state index in [9.17, 15) is 0 Å². The van der Waals surface area contributed by atoms with Gasteiger partial charge in [0.05, 0.1) is 17.1 Å². The van der Waals surface area contributed by atoms with Crippen LogP contribution >= 0.6 is 0 Å². The second-order valence-corrected chi connectivity index (χ2v) is 4.08. The number of hydrogen-bond donors (Lipinski definition) is 1. The van der Waals surface area contributed by atoms with Crippen molar-refractivity contribution in [3.63, 3.8) is 0 Å². The molecule has 0 saturated heterocycles. The molecule has 1 N–H and O–H groups in total. The number of hydrazine groups is 1. The van der Waals surface area contributed by atoms with Gasteiger partial charge in [0.2, 0.25) is 5.95 Å². The van der Waals surface area contributed by atoms with Crippen molar-refractivity contribution in [2.45, 2.75) is 13.0 Å². The predicted molar refractivity (Wildman–Crippen MR) is 64.9 cm³/mol. The third-order valence-electron chi connectivity index (χ3n) is 2.90. The molecule has 0 aliphatic carbocycles. The van der Waals surface area contributed by atoms with E-state index in [-0.39, 0.29) is 0 Å². The second kappa shape index (κ2) is 3.27. The highest BCUT2D eigenvalue weighted by molar-refractivity contribution is 5.77. The van der Waals surface area contributed by atoms with Crippen LogP contribution in [-0.2, 0) is 0 Å². The van der Waals surface area contributed by atoms with Gasteiger partial charge in [0, 0.05) is 13.2 Å². The van der Waals surface area contributed by atoms with Gasteiger partial charge in [-0.3, -0.25) is 5.01 Å². The summed E-state index contributed by atoms with van der Waals surface area (Å²) in [5.74, 6) is 0.890. The number of rotatable bonds is 1. The average Bonchev–Trinajstić information content (AvgIpc) is 2.82. The van der Waals surface area contributed by atoms with E-state index in [2.05, 4.69) is 34.2 Å². The van der Waals surface area contributed by atoms with Gasteiger partial charge in [0.1, 0.15) is 0 Å². The highest BCUT2D eigenvalue weighted by Crippen LogP contribution is 2.23. The Balaban J connectivity index is 2.06. The van der Waals surface area contributed by atoms with Gasteiger partial charge in [-0.25, -0.2) is 9.99 Å². The quantitative estimate of drug-likeness (QED) is 0.789. The highest BCUT2D eigenvalue weighted by atomic mass is 15.7. The molecule has 0 spiro atoms. The largest absolute Gasteiger partial charge is 0.323 e. The van der Waals surface area contributed by atoms with Crippen molar-refractivity contribution in [3.05, 3.63) is 36.5 Å². The summed E-state index contributed by atoms with van der Waals surface area (Å²) in [5.41, 5.74) is 2.08. The monoisotopic (exact) mass is 214 g/mol. The van der Waals surface area contributed by atoms with Crippen molar-refractivity contribution >= 4 is 17.0 Å². The van der Waals surface area contributed by atoms with E-state index >= 15 is 0 Å². The highest BCUT2D eigenvalue weighted by Gasteiger charge is 2.23. The zero-order chi connectivity index (χ0) is 11.1. The summed E-state index contributed by atoms with van der Waals surface area (Å²) in [6.45, 7) is 2.15. The van der Waals surface area contributed by atoms with Gasteiger partial charge in [-0.1, -0.05) is 12.1 Å². The number of para-hydroxylation sites is 2. The Morgan fingerprint density at radius 3 is 2.81 bits per heavy atom. The number of nitrogens with one attached hydrogen (secondary N) is 1. The molecule has 16 heavy (non-hydrogen) atoms. The number of benzene rings is 1. The van der Waals surface area contributed by atoms with Crippen molar-refractivity contribution in [3.8, 4) is 0 Å². The number of H-pyrrole nitrogens is 1. The summed E-state index contributed by atoms with van der Waals surface area (Å²) in [5, 5.41) is 4.17. The number of aromatic nitrogens is 2. The Morgan fingerprint density at radius 1 is 1.31 bits per heavy atom. The average molecular weight is 214 g/mol. The van der Waals surface area contributed by atoms with Crippen molar-refractivity contribution in [1.82, 2.24) is 15.0 Å². The van der Waals surface area contributed by atoms with Gasteiger partial charge in [-0.2, -0.15) is 0 Å². The minimum atomic E-state index is 0.338. The summed E-state index contributed by atoms with van der Waals surface area (Å²) in [7, 11) is 2.02. The maximum absolute atomic E-state index is 4.58. The molecule has 0 radical (unpaired) electrons. The lowest BCUT2D eigenvalue weighted by Crippen LogP contribution is -2.38. The molecule has 4 nitrogen and oxygen atoms in total. The van der Waals surface area contributed by atoms with E-state index in [0.717, 1.165) is 17.0 Å². The first-order valence-electron chi connectivity index (χ1n) is 5.41. The molecule has 82 valence electrons. The number of nitrogens with zero attached hydrogens (tertiary/aromatic N) is 3. The fraction of sp³-hybridized carbons (Fsp3) is 0.250. The Hall–Kier alpha value is -1.97. The van der Waals surface area contributed by atoms with Gasteiger partial charge in [-0.15, -0.1) is 0 Å². The maximum Gasteiger partial charge on any atom is 0.223 e. The predicted octanol–water partition coefficient (Wildman–Crippen LogP) is 2.13. The summed E-state index contributed by atoms with van der Waals surface area (Å²) in [6, 6.07) is 8.41.